The van der Waals surface area contributed by atoms with Crippen LogP contribution in [0.5, 0.6) is 0 Å². The maximum absolute atomic E-state index is 11.7. The summed E-state index contributed by atoms with van der Waals surface area (Å²) in [5.41, 5.74) is 0.826. The van der Waals surface area contributed by atoms with Crippen LogP contribution < -0.4 is 10.6 Å². The fourth-order valence-corrected chi connectivity index (χ4v) is 2.63. The molecule has 1 heterocycles. The molecule has 0 aliphatic heterocycles. The van der Waals surface area contributed by atoms with E-state index in [4.69, 9.17) is 0 Å². The largest absolute Gasteiger partial charge is 0.383 e. The number of thiophene rings is 1. The van der Waals surface area contributed by atoms with Crippen molar-refractivity contribution in [3.63, 3.8) is 0 Å². The predicted molar refractivity (Wildman–Crippen MR) is 92.7 cm³/mol. The molecule has 2 N–H and O–H groups in total. The van der Waals surface area contributed by atoms with Crippen molar-refractivity contribution in [2.75, 3.05) is 18.4 Å². The van der Waals surface area contributed by atoms with E-state index in [-0.39, 0.29) is 11.6 Å². The normalized spacial score (nSPS) is 10.7. The van der Waals surface area contributed by atoms with E-state index in [9.17, 15) is 14.9 Å². The Kier molecular flexibility index (Phi) is 5.87. The second-order valence-electron chi connectivity index (χ2n) is 4.80. The molecule has 6 nitrogen and oxygen atoms in total. The number of nitro groups is 1. The Balaban J connectivity index is 1.69. The Bertz CT molecular complexity index is 708. The molecule has 0 radical (unpaired) electrons. The zero-order chi connectivity index (χ0) is 16.7. The average Bonchev–Trinajstić information content (AvgIpc) is 2.95. The number of carbonyl (C=O) groups is 1. The monoisotopic (exact) mass is 331 g/mol. The molecule has 1 aromatic heterocycles. The molecule has 0 aliphatic rings. The third kappa shape index (κ3) is 5.55. The SMILES string of the molecule is Cc1ccc(/C=C/C(=O)NCCNc2ccc([N+](=O)[O-])cc2)s1. The van der Waals surface area contributed by atoms with E-state index in [0.29, 0.717) is 13.1 Å². The van der Waals surface area contributed by atoms with Gasteiger partial charge in [0.05, 0.1) is 4.92 Å². The number of amides is 1. The maximum atomic E-state index is 11.7. The quantitative estimate of drug-likeness (QED) is 0.353. The molecular formula is C16H17N3O3S. The molecule has 0 unspecified atom stereocenters. The fourth-order valence-electron chi connectivity index (χ4n) is 1.85. The van der Waals surface area contributed by atoms with Crippen LogP contribution in [0.1, 0.15) is 9.75 Å². The van der Waals surface area contributed by atoms with Crippen LogP contribution in [0, 0.1) is 17.0 Å². The standard InChI is InChI=1S/C16H17N3O3S/c1-12-2-7-15(23-12)8-9-16(20)18-11-10-17-13-3-5-14(6-4-13)19(21)22/h2-9,17H,10-11H2,1H3,(H,18,20)/b9-8+. The summed E-state index contributed by atoms with van der Waals surface area (Å²) >= 11 is 1.63. The molecule has 2 aromatic rings. The smallest absolute Gasteiger partial charge is 0.269 e. The van der Waals surface area contributed by atoms with Crippen molar-refractivity contribution < 1.29 is 9.72 Å². The Morgan fingerprint density at radius 2 is 1.96 bits per heavy atom. The molecule has 0 saturated carbocycles. The Morgan fingerprint density at radius 1 is 1.22 bits per heavy atom. The van der Waals surface area contributed by atoms with Crippen LogP contribution in [0.2, 0.25) is 0 Å². The molecule has 7 heteroatoms. The minimum Gasteiger partial charge on any atom is -0.383 e. The van der Waals surface area contributed by atoms with Crippen molar-refractivity contribution in [2.45, 2.75) is 6.92 Å². The van der Waals surface area contributed by atoms with Crippen molar-refractivity contribution in [2.24, 2.45) is 0 Å². The summed E-state index contributed by atoms with van der Waals surface area (Å²) in [4.78, 5) is 24.0. The third-order valence-corrected chi connectivity index (χ3v) is 3.96. The first-order valence-corrected chi connectivity index (χ1v) is 7.87. The molecule has 120 valence electrons. The third-order valence-electron chi connectivity index (χ3n) is 2.99. The predicted octanol–water partition coefficient (Wildman–Crippen LogP) is 3.21. The highest BCUT2D eigenvalue weighted by atomic mass is 32.1. The van der Waals surface area contributed by atoms with Crippen LogP contribution in [0.25, 0.3) is 6.08 Å². The number of nitro benzene ring substituents is 1. The molecular weight excluding hydrogens is 314 g/mol. The van der Waals surface area contributed by atoms with Crippen molar-refractivity contribution >= 4 is 34.7 Å². The van der Waals surface area contributed by atoms with E-state index in [1.165, 1.54) is 23.1 Å². The van der Waals surface area contributed by atoms with Gasteiger partial charge in [0.15, 0.2) is 0 Å². The van der Waals surface area contributed by atoms with Gasteiger partial charge in [0.1, 0.15) is 0 Å². The average molecular weight is 331 g/mol. The lowest BCUT2D eigenvalue weighted by atomic mass is 10.3. The molecule has 0 fully saturated rings. The molecule has 1 aromatic carbocycles. The molecule has 0 atom stereocenters. The molecule has 23 heavy (non-hydrogen) atoms. The van der Waals surface area contributed by atoms with Crippen molar-refractivity contribution in [3.05, 3.63) is 62.3 Å². The lowest BCUT2D eigenvalue weighted by molar-refractivity contribution is -0.384. The molecule has 1 amide bonds. The first kappa shape index (κ1) is 16.7. The molecule has 0 aliphatic carbocycles. The van der Waals surface area contributed by atoms with Crippen LogP contribution in [-0.4, -0.2) is 23.9 Å². The second-order valence-corrected chi connectivity index (χ2v) is 6.12. The fraction of sp³-hybridized carbons (Fsp3) is 0.188. The van der Waals surface area contributed by atoms with E-state index >= 15 is 0 Å². The number of nitrogens with zero attached hydrogens (tertiary/aromatic N) is 1. The number of aryl methyl sites for hydroxylation is 1. The van der Waals surface area contributed by atoms with Crippen LogP contribution >= 0.6 is 11.3 Å². The van der Waals surface area contributed by atoms with Gasteiger partial charge in [-0.05, 0) is 37.3 Å². The van der Waals surface area contributed by atoms with E-state index in [0.717, 1.165) is 10.6 Å². The first-order valence-electron chi connectivity index (χ1n) is 7.05. The lowest BCUT2D eigenvalue weighted by Crippen LogP contribution is -2.27. The molecule has 0 spiro atoms. The zero-order valence-electron chi connectivity index (χ0n) is 12.6. The van der Waals surface area contributed by atoms with E-state index in [1.807, 2.05) is 19.1 Å². The highest BCUT2D eigenvalue weighted by molar-refractivity contribution is 7.12. The van der Waals surface area contributed by atoms with E-state index in [2.05, 4.69) is 10.6 Å². The van der Waals surface area contributed by atoms with Gasteiger partial charge in [-0.15, -0.1) is 11.3 Å². The minimum atomic E-state index is -0.439. The molecule has 0 bridgehead atoms. The van der Waals surface area contributed by atoms with Gasteiger partial charge >= 0.3 is 0 Å². The second kappa shape index (κ2) is 8.09. The summed E-state index contributed by atoms with van der Waals surface area (Å²) in [6, 6.07) is 10.1. The number of rotatable bonds is 7. The molecule has 2 rings (SSSR count). The number of non-ortho nitro benzene ring substituents is 1. The Hall–Kier alpha value is -2.67. The molecule has 0 saturated heterocycles. The van der Waals surface area contributed by atoms with Crippen LogP contribution in [0.15, 0.2) is 42.5 Å². The number of anilines is 1. The van der Waals surface area contributed by atoms with Gasteiger partial charge in [0.25, 0.3) is 5.69 Å². The Labute approximate surface area is 138 Å². The van der Waals surface area contributed by atoms with Crippen LogP contribution in [-0.2, 0) is 4.79 Å². The van der Waals surface area contributed by atoms with Crippen molar-refractivity contribution in [3.8, 4) is 0 Å². The van der Waals surface area contributed by atoms with Gasteiger partial charge in [-0.2, -0.15) is 0 Å². The number of nitrogens with one attached hydrogen (secondary N) is 2. The van der Waals surface area contributed by atoms with Crippen molar-refractivity contribution in [1.29, 1.82) is 0 Å². The van der Waals surface area contributed by atoms with Gasteiger partial charge in [0, 0.05) is 46.7 Å². The van der Waals surface area contributed by atoms with Crippen LogP contribution in [0.3, 0.4) is 0 Å². The topological polar surface area (TPSA) is 84.3 Å². The number of benzene rings is 1. The Morgan fingerprint density at radius 3 is 2.57 bits per heavy atom. The summed E-state index contributed by atoms with van der Waals surface area (Å²) in [5, 5.41) is 16.4. The van der Waals surface area contributed by atoms with E-state index in [1.54, 1.807) is 29.5 Å². The summed E-state index contributed by atoms with van der Waals surface area (Å²) in [6.45, 7) is 3.02. The highest BCUT2D eigenvalue weighted by Crippen LogP contribution is 2.16. The van der Waals surface area contributed by atoms with Gasteiger partial charge in [-0.1, -0.05) is 0 Å². The maximum Gasteiger partial charge on any atom is 0.269 e. The number of hydrogen-bond donors (Lipinski definition) is 2. The van der Waals surface area contributed by atoms with Gasteiger partial charge in [0.2, 0.25) is 5.91 Å². The van der Waals surface area contributed by atoms with Gasteiger partial charge in [-0.3, -0.25) is 14.9 Å². The summed E-state index contributed by atoms with van der Waals surface area (Å²) in [7, 11) is 0. The number of hydrogen-bond acceptors (Lipinski definition) is 5. The highest BCUT2D eigenvalue weighted by Gasteiger charge is 2.03. The summed E-state index contributed by atoms with van der Waals surface area (Å²) < 4.78 is 0. The lowest BCUT2D eigenvalue weighted by Gasteiger charge is -2.06. The summed E-state index contributed by atoms with van der Waals surface area (Å²) in [6.07, 6.45) is 3.30. The number of carbonyl (C=O) groups excluding carboxylic acids is 1. The first-order chi connectivity index (χ1) is 11.0. The van der Waals surface area contributed by atoms with Crippen molar-refractivity contribution in [1.82, 2.24) is 5.32 Å². The zero-order valence-corrected chi connectivity index (χ0v) is 13.4. The summed E-state index contributed by atoms with van der Waals surface area (Å²) in [5.74, 6) is -0.151. The van der Waals surface area contributed by atoms with Gasteiger partial charge in [-0.25, -0.2) is 0 Å². The van der Waals surface area contributed by atoms with E-state index < -0.39 is 4.92 Å². The van der Waals surface area contributed by atoms with Crippen LogP contribution in [0.4, 0.5) is 11.4 Å². The minimum absolute atomic E-state index is 0.0535. The van der Waals surface area contributed by atoms with Gasteiger partial charge < -0.3 is 10.6 Å².